The van der Waals surface area contributed by atoms with Gasteiger partial charge in [0.2, 0.25) is 0 Å². The average Bonchev–Trinajstić information content (AvgIpc) is 2.76. The summed E-state index contributed by atoms with van der Waals surface area (Å²) >= 11 is 0. The van der Waals surface area contributed by atoms with Crippen LogP contribution >= 0.6 is 0 Å². The highest BCUT2D eigenvalue weighted by Gasteiger charge is 2.33. The van der Waals surface area contributed by atoms with Gasteiger partial charge in [0, 0.05) is 32.1 Å². The average molecular weight is 430 g/mol. The molecular formula is C21H28FN7O2. The van der Waals surface area contributed by atoms with Crippen molar-refractivity contribution >= 4 is 24.1 Å². The van der Waals surface area contributed by atoms with E-state index in [0.717, 1.165) is 0 Å². The molecule has 166 valence electrons. The van der Waals surface area contributed by atoms with E-state index in [-0.39, 0.29) is 23.0 Å². The van der Waals surface area contributed by atoms with Crippen LogP contribution in [0, 0.1) is 0 Å². The first kappa shape index (κ1) is 22.3. The SMILES string of the molecule is C=NN1C(NC)=CC(Nc2cccn(C(C)C)c2=O)=N/C1=C(/C)C(=O)N[C@@H]1CC[C@H]1F. The molecule has 0 saturated heterocycles. The van der Waals surface area contributed by atoms with E-state index in [2.05, 4.69) is 32.8 Å². The summed E-state index contributed by atoms with van der Waals surface area (Å²) in [6.07, 6.45) is 3.39. The van der Waals surface area contributed by atoms with Crippen LogP contribution in [0.25, 0.3) is 0 Å². The second kappa shape index (κ2) is 9.15. The molecule has 0 radical (unpaired) electrons. The zero-order valence-corrected chi connectivity index (χ0v) is 18.1. The number of carbonyl (C=O) groups is 1. The Balaban J connectivity index is 1.96. The Morgan fingerprint density at radius 3 is 2.68 bits per heavy atom. The quantitative estimate of drug-likeness (QED) is 0.475. The number of rotatable bonds is 6. The molecule has 1 amide bonds. The number of amidine groups is 1. The van der Waals surface area contributed by atoms with Gasteiger partial charge in [-0.15, -0.1) is 0 Å². The van der Waals surface area contributed by atoms with Gasteiger partial charge < -0.3 is 20.5 Å². The molecule has 0 aromatic carbocycles. The minimum absolute atomic E-state index is 0.00125. The molecule has 1 aliphatic heterocycles. The second-order valence-corrected chi connectivity index (χ2v) is 7.70. The number of nitrogens with one attached hydrogen (secondary N) is 3. The Morgan fingerprint density at radius 1 is 1.39 bits per heavy atom. The lowest BCUT2D eigenvalue weighted by molar-refractivity contribution is -0.119. The maximum absolute atomic E-state index is 13.6. The van der Waals surface area contributed by atoms with Crippen molar-refractivity contribution in [3.63, 3.8) is 0 Å². The number of halogens is 1. The number of hydrazone groups is 1. The summed E-state index contributed by atoms with van der Waals surface area (Å²) in [6, 6.07) is 2.94. The minimum atomic E-state index is -1.03. The molecule has 3 rings (SSSR count). The summed E-state index contributed by atoms with van der Waals surface area (Å²) in [5, 5.41) is 14.0. The summed E-state index contributed by atoms with van der Waals surface area (Å²) in [7, 11) is 1.69. The van der Waals surface area contributed by atoms with Crippen molar-refractivity contribution < 1.29 is 9.18 Å². The highest BCUT2D eigenvalue weighted by Crippen LogP contribution is 2.25. The summed E-state index contributed by atoms with van der Waals surface area (Å²) in [6.45, 7) is 8.98. The number of pyridine rings is 1. The molecule has 1 saturated carbocycles. The Kier molecular flexibility index (Phi) is 6.57. The van der Waals surface area contributed by atoms with E-state index in [1.54, 1.807) is 42.9 Å². The van der Waals surface area contributed by atoms with Crippen LogP contribution < -0.4 is 21.5 Å². The van der Waals surface area contributed by atoms with Crippen LogP contribution in [-0.4, -0.2) is 47.3 Å². The fraction of sp³-hybridized carbons (Fsp3) is 0.429. The zero-order valence-electron chi connectivity index (χ0n) is 18.1. The molecule has 9 nitrogen and oxygen atoms in total. The molecule has 0 unspecified atom stereocenters. The molecule has 1 fully saturated rings. The first-order valence-corrected chi connectivity index (χ1v) is 10.2. The van der Waals surface area contributed by atoms with E-state index in [9.17, 15) is 14.0 Å². The lowest BCUT2D eigenvalue weighted by atomic mass is 9.90. The number of aliphatic imine (C=N–C) groups is 1. The number of aromatic nitrogens is 1. The maximum atomic E-state index is 13.6. The van der Waals surface area contributed by atoms with Gasteiger partial charge in [-0.3, -0.25) is 9.59 Å². The van der Waals surface area contributed by atoms with Crippen molar-refractivity contribution in [3.8, 4) is 0 Å². The summed E-state index contributed by atoms with van der Waals surface area (Å²) in [5.41, 5.74) is 0.403. The molecule has 1 aliphatic carbocycles. The number of hydrogen-bond donors (Lipinski definition) is 3. The molecule has 0 bridgehead atoms. The van der Waals surface area contributed by atoms with E-state index >= 15 is 0 Å². The van der Waals surface area contributed by atoms with Gasteiger partial charge in [0.15, 0.2) is 5.82 Å². The van der Waals surface area contributed by atoms with Crippen LogP contribution in [0.2, 0.25) is 0 Å². The monoisotopic (exact) mass is 429 g/mol. The van der Waals surface area contributed by atoms with Gasteiger partial charge in [-0.25, -0.2) is 9.38 Å². The highest BCUT2D eigenvalue weighted by atomic mass is 19.1. The van der Waals surface area contributed by atoms with Gasteiger partial charge in [-0.05, 0) is 45.7 Å². The van der Waals surface area contributed by atoms with Crippen LogP contribution in [0.15, 0.2) is 56.5 Å². The van der Waals surface area contributed by atoms with Crippen LogP contribution in [0.3, 0.4) is 0 Å². The lowest BCUT2D eigenvalue weighted by Crippen LogP contribution is -2.48. The third-order valence-corrected chi connectivity index (χ3v) is 5.30. The number of alkyl halides is 1. The van der Waals surface area contributed by atoms with Gasteiger partial charge in [0.25, 0.3) is 11.5 Å². The first-order chi connectivity index (χ1) is 14.8. The molecule has 10 heteroatoms. The number of amides is 1. The van der Waals surface area contributed by atoms with Crippen LogP contribution in [-0.2, 0) is 4.79 Å². The van der Waals surface area contributed by atoms with E-state index in [1.165, 1.54) is 5.01 Å². The van der Waals surface area contributed by atoms with Crippen molar-refractivity contribution in [1.82, 2.24) is 20.2 Å². The summed E-state index contributed by atoms with van der Waals surface area (Å²) in [5.74, 6) is 0.633. The topological polar surface area (TPSA) is 103 Å². The molecule has 0 spiro atoms. The third kappa shape index (κ3) is 4.52. The number of anilines is 1. The van der Waals surface area contributed by atoms with Gasteiger partial charge >= 0.3 is 0 Å². The predicted molar refractivity (Wildman–Crippen MR) is 119 cm³/mol. The molecule has 2 atom stereocenters. The second-order valence-electron chi connectivity index (χ2n) is 7.70. The fourth-order valence-electron chi connectivity index (χ4n) is 3.28. The van der Waals surface area contributed by atoms with E-state index in [0.29, 0.717) is 30.2 Å². The van der Waals surface area contributed by atoms with Crippen LogP contribution in [0.1, 0.15) is 39.7 Å². The van der Waals surface area contributed by atoms with E-state index in [1.807, 2.05) is 13.8 Å². The lowest BCUT2D eigenvalue weighted by Gasteiger charge is -2.32. The molecule has 31 heavy (non-hydrogen) atoms. The van der Waals surface area contributed by atoms with Crippen LogP contribution in [0.4, 0.5) is 10.1 Å². The third-order valence-electron chi connectivity index (χ3n) is 5.30. The number of hydrogen-bond acceptors (Lipinski definition) is 7. The Hall–Kier alpha value is -3.43. The zero-order chi connectivity index (χ0) is 22.7. The smallest absolute Gasteiger partial charge is 0.274 e. The van der Waals surface area contributed by atoms with Crippen LogP contribution in [0.5, 0.6) is 0 Å². The Morgan fingerprint density at radius 2 is 2.13 bits per heavy atom. The molecule has 2 heterocycles. The molecule has 3 N–H and O–H groups in total. The normalized spacial score (nSPS) is 22.2. The summed E-state index contributed by atoms with van der Waals surface area (Å²) < 4.78 is 15.2. The number of carbonyl (C=O) groups excluding carboxylic acids is 1. The molecule has 1 aromatic heterocycles. The van der Waals surface area contributed by atoms with Crippen molar-refractivity contribution in [2.24, 2.45) is 10.1 Å². The van der Waals surface area contributed by atoms with E-state index < -0.39 is 18.1 Å². The standard InChI is InChI=1S/C21H28FN7O2/c1-12(2)28-10-6-7-16(21(28)31)25-17-11-18(23-4)29(24-5)19(27-17)13(3)20(30)26-15-9-8-14(15)22/h6-7,10-12,14-15,23H,5,8-9H2,1-4H3,(H,25,27)(H,26,30)/b19-13+/t14-,15-/m1/s1. The van der Waals surface area contributed by atoms with Crippen molar-refractivity contribution in [1.29, 1.82) is 0 Å². The predicted octanol–water partition coefficient (Wildman–Crippen LogP) is 2.08. The van der Waals surface area contributed by atoms with Gasteiger partial charge in [0.05, 0.1) is 11.6 Å². The largest absolute Gasteiger partial charge is 0.373 e. The van der Waals surface area contributed by atoms with Crippen molar-refractivity contribution in [2.75, 3.05) is 12.4 Å². The Labute approximate surface area is 180 Å². The fourth-order valence-corrected chi connectivity index (χ4v) is 3.28. The van der Waals surface area contributed by atoms with Gasteiger partial charge in [-0.1, -0.05) is 0 Å². The molecule has 1 aromatic rings. The Bertz CT molecular complexity index is 1020. The number of nitrogens with zero attached hydrogens (tertiary/aromatic N) is 4. The highest BCUT2D eigenvalue weighted by molar-refractivity contribution is 6.06. The minimum Gasteiger partial charge on any atom is -0.373 e. The van der Waals surface area contributed by atoms with E-state index in [4.69, 9.17) is 0 Å². The molecular weight excluding hydrogens is 401 g/mol. The summed E-state index contributed by atoms with van der Waals surface area (Å²) in [4.78, 5) is 29.9. The van der Waals surface area contributed by atoms with Gasteiger partial charge in [0.1, 0.15) is 23.5 Å². The van der Waals surface area contributed by atoms with Crippen molar-refractivity contribution in [2.45, 2.75) is 51.9 Å². The van der Waals surface area contributed by atoms with Crippen molar-refractivity contribution in [3.05, 3.63) is 52.0 Å². The maximum Gasteiger partial charge on any atom is 0.274 e. The molecule has 2 aliphatic rings. The first-order valence-electron chi connectivity index (χ1n) is 10.2. The van der Waals surface area contributed by atoms with Gasteiger partial charge in [-0.2, -0.15) is 10.1 Å².